The van der Waals surface area contributed by atoms with Crippen molar-refractivity contribution in [1.82, 2.24) is 10.2 Å². The lowest BCUT2D eigenvalue weighted by Gasteiger charge is -2.32. The van der Waals surface area contributed by atoms with Crippen molar-refractivity contribution in [2.24, 2.45) is 0 Å². The molecule has 2 amide bonds. The number of ether oxygens (including phenoxy) is 1. The van der Waals surface area contributed by atoms with Gasteiger partial charge in [-0.05, 0) is 38.5 Å². The smallest absolute Gasteiger partial charge is 0.407 e. The average molecular weight is 411 g/mol. The lowest BCUT2D eigenvalue weighted by molar-refractivity contribution is -0.917. The summed E-state index contributed by atoms with van der Waals surface area (Å²) < 4.78 is 5.23. The molecular formula is C24H32N3O3+. The Balaban J connectivity index is 1.46. The Morgan fingerprint density at radius 3 is 2.20 bits per heavy atom. The van der Waals surface area contributed by atoms with Crippen molar-refractivity contribution in [1.29, 1.82) is 0 Å². The molecule has 0 bridgehead atoms. The number of piperazine rings is 1. The van der Waals surface area contributed by atoms with Crippen LogP contribution >= 0.6 is 0 Å². The van der Waals surface area contributed by atoms with Crippen LogP contribution in [0.3, 0.4) is 0 Å². The first-order valence-electron chi connectivity index (χ1n) is 10.5. The van der Waals surface area contributed by atoms with Crippen LogP contribution in [0.1, 0.15) is 42.3 Å². The third kappa shape index (κ3) is 6.59. The Hall–Kier alpha value is -2.86. The second-order valence-corrected chi connectivity index (χ2v) is 8.76. The van der Waals surface area contributed by atoms with E-state index < -0.39 is 11.7 Å². The monoisotopic (exact) mass is 410 g/mol. The number of hydrogen-bond acceptors (Lipinski definition) is 3. The van der Waals surface area contributed by atoms with Gasteiger partial charge in [-0.3, -0.25) is 4.79 Å². The number of nitrogens with zero attached hydrogens (tertiary/aromatic N) is 1. The van der Waals surface area contributed by atoms with Crippen molar-refractivity contribution in [3.05, 3.63) is 71.3 Å². The number of carbonyl (C=O) groups excluding carboxylic acids is 2. The highest BCUT2D eigenvalue weighted by Gasteiger charge is 2.24. The molecule has 160 valence electrons. The molecule has 2 aromatic rings. The minimum atomic E-state index is -0.521. The van der Waals surface area contributed by atoms with Gasteiger partial charge in [0.25, 0.3) is 5.91 Å². The molecule has 30 heavy (non-hydrogen) atoms. The molecule has 1 fully saturated rings. The maximum absolute atomic E-state index is 12.8. The van der Waals surface area contributed by atoms with Crippen LogP contribution in [0.4, 0.5) is 4.79 Å². The van der Waals surface area contributed by atoms with Crippen LogP contribution in [-0.4, -0.2) is 48.7 Å². The van der Waals surface area contributed by atoms with Crippen LogP contribution in [0.2, 0.25) is 0 Å². The average Bonchev–Trinajstić information content (AvgIpc) is 2.72. The Bertz CT molecular complexity index is 836. The number of amides is 2. The molecule has 0 spiro atoms. The van der Waals surface area contributed by atoms with E-state index in [1.165, 1.54) is 10.5 Å². The summed E-state index contributed by atoms with van der Waals surface area (Å²) in [5, 5.41) is 2.73. The number of quaternary nitrogens is 1. The summed E-state index contributed by atoms with van der Waals surface area (Å²) in [6.45, 7) is 10.3. The fourth-order valence-corrected chi connectivity index (χ4v) is 3.52. The quantitative estimate of drug-likeness (QED) is 0.795. The molecule has 0 saturated carbocycles. The Kier molecular flexibility index (Phi) is 7.11. The third-order valence-electron chi connectivity index (χ3n) is 5.09. The lowest BCUT2D eigenvalue weighted by Crippen LogP contribution is -3.13. The van der Waals surface area contributed by atoms with Gasteiger partial charge in [0.15, 0.2) is 0 Å². The predicted molar refractivity (Wildman–Crippen MR) is 116 cm³/mol. The second-order valence-electron chi connectivity index (χ2n) is 8.76. The standard InChI is InChI=1S/C24H31N3O3/c1-24(2,3)30-23(29)25-17-19-9-11-21(12-10-19)22(28)27-15-13-26(14-16-27)18-20-7-5-4-6-8-20/h4-12H,13-18H2,1-3H3,(H,25,29)/p+1. The van der Waals surface area contributed by atoms with E-state index in [9.17, 15) is 9.59 Å². The van der Waals surface area contributed by atoms with E-state index in [1.807, 2.05) is 56.0 Å². The molecule has 6 nitrogen and oxygen atoms in total. The largest absolute Gasteiger partial charge is 0.444 e. The molecule has 0 unspecified atom stereocenters. The Morgan fingerprint density at radius 1 is 0.967 bits per heavy atom. The van der Waals surface area contributed by atoms with Crippen LogP contribution in [0.5, 0.6) is 0 Å². The van der Waals surface area contributed by atoms with Gasteiger partial charge in [0.2, 0.25) is 0 Å². The van der Waals surface area contributed by atoms with Crippen LogP contribution in [-0.2, 0) is 17.8 Å². The Labute approximate surface area is 178 Å². The minimum Gasteiger partial charge on any atom is -0.444 e. The highest BCUT2D eigenvalue weighted by Crippen LogP contribution is 2.10. The van der Waals surface area contributed by atoms with Gasteiger partial charge in [0, 0.05) is 17.7 Å². The first-order chi connectivity index (χ1) is 14.3. The molecular weight excluding hydrogens is 378 g/mol. The van der Waals surface area contributed by atoms with Crippen LogP contribution in [0.25, 0.3) is 0 Å². The van der Waals surface area contributed by atoms with Gasteiger partial charge in [0.1, 0.15) is 12.1 Å². The minimum absolute atomic E-state index is 0.0698. The zero-order valence-corrected chi connectivity index (χ0v) is 18.1. The van der Waals surface area contributed by atoms with Crippen molar-refractivity contribution in [2.75, 3.05) is 26.2 Å². The molecule has 0 radical (unpaired) electrons. The Morgan fingerprint density at radius 2 is 1.60 bits per heavy atom. The predicted octanol–water partition coefficient (Wildman–Crippen LogP) is 2.25. The lowest BCUT2D eigenvalue weighted by atomic mass is 10.1. The van der Waals surface area contributed by atoms with E-state index >= 15 is 0 Å². The van der Waals surface area contributed by atoms with E-state index in [0.717, 1.165) is 38.3 Å². The highest BCUT2D eigenvalue weighted by molar-refractivity contribution is 5.94. The van der Waals surface area contributed by atoms with Crippen molar-refractivity contribution >= 4 is 12.0 Å². The molecule has 0 atom stereocenters. The summed E-state index contributed by atoms with van der Waals surface area (Å²) in [5.74, 6) is 0.0698. The summed E-state index contributed by atoms with van der Waals surface area (Å²) in [4.78, 5) is 28.0. The van der Waals surface area contributed by atoms with Gasteiger partial charge in [-0.1, -0.05) is 42.5 Å². The number of rotatable bonds is 5. The number of hydrogen-bond donors (Lipinski definition) is 2. The molecule has 0 aliphatic carbocycles. The van der Waals surface area contributed by atoms with Gasteiger partial charge in [-0.15, -0.1) is 0 Å². The zero-order valence-electron chi connectivity index (χ0n) is 18.1. The van der Waals surface area contributed by atoms with Crippen LogP contribution in [0.15, 0.2) is 54.6 Å². The molecule has 2 N–H and O–H groups in total. The van der Waals surface area contributed by atoms with Crippen molar-refractivity contribution in [3.8, 4) is 0 Å². The molecule has 1 aliphatic rings. The first-order valence-corrected chi connectivity index (χ1v) is 10.5. The van der Waals surface area contributed by atoms with E-state index in [-0.39, 0.29) is 5.91 Å². The molecule has 1 aliphatic heterocycles. The maximum atomic E-state index is 12.8. The first kappa shape index (κ1) is 21.8. The summed E-state index contributed by atoms with van der Waals surface area (Å²) in [7, 11) is 0. The number of alkyl carbamates (subject to hydrolysis) is 1. The van der Waals surface area contributed by atoms with Gasteiger partial charge < -0.3 is 19.9 Å². The topological polar surface area (TPSA) is 63.1 Å². The zero-order chi connectivity index (χ0) is 21.6. The van der Waals surface area contributed by atoms with E-state index in [0.29, 0.717) is 12.1 Å². The molecule has 6 heteroatoms. The fraction of sp³-hybridized carbons (Fsp3) is 0.417. The van der Waals surface area contributed by atoms with Crippen LogP contribution < -0.4 is 10.2 Å². The molecule has 1 saturated heterocycles. The SMILES string of the molecule is CC(C)(C)OC(=O)NCc1ccc(C(=O)N2CC[NH+](Cc3ccccc3)CC2)cc1. The molecule has 0 aromatic heterocycles. The van der Waals surface area contributed by atoms with E-state index in [1.54, 1.807) is 0 Å². The molecule has 2 aromatic carbocycles. The number of carbonyl (C=O) groups is 2. The van der Waals surface area contributed by atoms with Gasteiger partial charge in [0.05, 0.1) is 26.2 Å². The third-order valence-corrected chi connectivity index (χ3v) is 5.09. The molecule has 1 heterocycles. The second kappa shape index (κ2) is 9.76. The normalized spacial score (nSPS) is 15.0. The maximum Gasteiger partial charge on any atom is 0.407 e. The fourth-order valence-electron chi connectivity index (χ4n) is 3.52. The summed E-state index contributed by atoms with van der Waals surface area (Å²) in [5.41, 5.74) is 2.42. The van der Waals surface area contributed by atoms with Crippen molar-refractivity contribution in [2.45, 2.75) is 39.5 Å². The van der Waals surface area contributed by atoms with Gasteiger partial charge in [-0.25, -0.2) is 4.79 Å². The summed E-state index contributed by atoms with van der Waals surface area (Å²) >= 11 is 0. The van der Waals surface area contributed by atoms with Crippen molar-refractivity contribution in [3.63, 3.8) is 0 Å². The highest BCUT2D eigenvalue weighted by atomic mass is 16.6. The number of benzene rings is 2. The van der Waals surface area contributed by atoms with E-state index in [2.05, 4.69) is 29.6 Å². The van der Waals surface area contributed by atoms with Crippen LogP contribution in [0, 0.1) is 0 Å². The van der Waals surface area contributed by atoms with E-state index in [4.69, 9.17) is 4.74 Å². The van der Waals surface area contributed by atoms with Gasteiger partial charge in [-0.2, -0.15) is 0 Å². The van der Waals surface area contributed by atoms with Gasteiger partial charge >= 0.3 is 6.09 Å². The van der Waals surface area contributed by atoms with Crippen molar-refractivity contribution < 1.29 is 19.2 Å². The molecule has 3 rings (SSSR count). The summed E-state index contributed by atoms with van der Waals surface area (Å²) in [6, 6.07) is 17.9. The number of nitrogens with one attached hydrogen (secondary N) is 2. The summed E-state index contributed by atoms with van der Waals surface area (Å²) in [6.07, 6.45) is -0.446.